The van der Waals surface area contributed by atoms with Gasteiger partial charge < -0.3 is 9.32 Å². The first kappa shape index (κ1) is 28.3. The molecule has 0 spiro atoms. The van der Waals surface area contributed by atoms with Crippen molar-refractivity contribution in [3.8, 4) is 22.3 Å². The lowest BCUT2D eigenvalue weighted by molar-refractivity contribution is 0.669. The van der Waals surface area contributed by atoms with E-state index in [0.717, 1.165) is 66.5 Å². The number of hydrogen-bond acceptors (Lipinski definition) is 4. The first-order chi connectivity index (χ1) is 24.7. The van der Waals surface area contributed by atoms with Crippen molar-refractivity contribution in [2.75, 3.05) is 4.90 Å². The second-order valence-corrected chi connectivity index (χ2v) is 12.8. The maximum atomic E-state index is 6.70. The maximum Gasteiger partial charge on any atom is 0.162 e. The Bertz CT molecular complexity index is 2750. The van der Waals surface area contributed by atoms with Gasteiger partial charge in [-0.25, -0.2) is 0 Å². The van der Waals surface area contributed by atoms with Gasteiger partial charge in [-0.1, -0.05) is 97.1 Å². The number of pyridine rings is 2. The Morgan fingerprint density at radius 1 is 0.400 bits per heavy atom. The molecule has 4 heteroatoms. The zero-order chi connectivity index (χ0) is 33.0. The minimum Gasteiger partial charge on any atom is -0.454 e. The van der Waals surface area contributed by atoms with Crippen LogP contribution >= 0.6 is 0 Å². The van der Waals surface area contributed by atoms with Crippen LogP contribution in [0.2, 0.25) is 0 Å². The lowest BCUT2D eigenvalue weighted by atomic mass is 10.0. The van der Waals surface area contributed by atoms with Crippen LogP contribution in [-0.4, -0.2) is 9.97 Å². The quantitative estimate of drug-likeness (QED) is 0.188. The maximum absolute atomic E-state index is 6.70. The van der Waals surface area contributed by atoms with Crippen LogP contribution in [0.4, 0.5) is 17.1 Å². The molecule has 0 saturated carbocycles. The highest BCUT2D eigenvalue weighted by Gasteiger charge is 2.20. The molecule has 3 heterocycles. The number of furan rings is 1. The molecule has 0 N–H and O–H groups in total. The third kappa shape index (κ3) is 4.77. The molecule has 0 atom stereocenters. The monoisotopic (exact) mass is 639 g/mol. The Morgan fingerprint density at radius 2 is 0.960 bits per heavy atom. The molecule has 10 aromatic rings. The van der Waals surface area contributed by atoms with Crippen LogP contribution in [0.3, 0.4) is 0 Å². The molecular weight excluding hydrogens is 611 g/mol. The van der Waals surface area contributed by atoms with Gasteiger partial charge in [-0.3, -0.25) is 9.97 Å². The molecule has 50 heavy (non-hydrogen) atoms. The van der Waals surface area contributed by atoms with E-state index in [2.05, 4.69) is 162 Å². The van der Waals surface area contributed by atoms with Gasteiger partial charge in [0.05, 0.1) is 6.20 Å². The van der Waals surface area contributed by atoms with Crippen LogP contribution < -0.4 is 4.90 Å². The highest BCUT2D eigenvalue weighted by molar-refractivity contribution is 6.13. The number of fused-ring (bicyclic) bond motifs is 6. The lowest BCUT2D eigenvalue weighted by Crippen LogP contribution is -2.10. The molecule has 10 rings (SSSR count). The van der Waals surface area contributed by atoms with Gasteiger partial charge in [0.2, 0.25) is 0 Å². The fraction of sp³-hybridized carbons (Fsp3) is 0. The van der Waals surface area contributed by atoms with Crippen molar-refractivity contribution in [2.24, 2.45) is 0 Å². The summed E-state index contributed by atoms with van der Waals surface area (Å²) < 4.78 is 6.70. The van der Waals surface area contributed by atoms with Gasteiger partial charge in [0.25, 0.3) is 0 Å². The van der Waals surface area contributed by atoms with Gasteiger partial charge in [0, 0.05) is 46.1 Å². The Labute approximate surface area is 288 Å². The SMILES string of the molecule is c1ccc2cc(-c3ccc(N(c4ccc(-c5ccc6cnccc6c5)cc4)c4cncc5c4oc4cc6ccccc6cc45)cc3)ccc2c1. The molecule has 3 aromatic heterocycles. The molecule has 234 valence electrons. The first-order valence-corrected chi connectivity index (χ1v) is 16.8. The number of hydrogen-bond donors (Lipinski definition) is 0. The van der Waals surface area contributed by atoms with Gasteiger partial charge >= 0.3 is 0 Å². The summed E-state index contributed by atoms with van der Waals surface area (Å²) in [6.45, 7) is 0. The van der Waals surface area contributed by atoms with Crippen LogP contribution in [0.15, 0.2) is 181 Å². The van der Waals surface area contributed by atoms with E-state index < -0.39 is 0 Å². The summed E-state index contributed by atoms with van der Waals surface area (Å²) in [6.07, 6.45) is 7.57. The number of nitrogens with zero attached hydrogens (tertiary/aromatic N) is 3. The van der Waals surface area contributed by atoms with E-state index in [1.165, 1.54) is 27.1 Å². The van der Waals surface area contributed by atoms with Crippen LogP contribution in [-0.2, 0) is 0 Å². The Hall–Kier alpha value is -6.78. The number of rotatable bonds is 5. The third-order valence-electron chi connectivity index (χ3n) is 9.78. The number of aromatic nitrogens is 2. The third-order valence-corrected chi connectivity index (χ3v) is 9.78. The van der Waals surface area contributed by atoms with Crippen molar-refractivity contribution in [3.05, 3.63) is 176 Å². The molecular formula is C46H29N3O. The lowest BCUT2D eigenvalue weighted by Gasteiger charge is -2.25. The zero-order valence-corrected chi connectivity index (χ0v) is 27.0. The summed E-state index contributed by atoms with van der Waals surface area (Å²) in [7, 11) is 0. The van der Waals surface area contributed by atoms with E-state index in [1.807, 2.05) is 24.8 Å². The smallest absolute Gasteiger partial charge is 0.162 e. The van der Waals surface area contributed by atoms with Gasteiger partial charge in [-0.2, -0.15) is 0 Å². The highest BCUT2D eigenvalue weighted by Crippen LogP contribution is 2.43. The summed E-state index contributed by atoms with van der Waals surface area (Å²) in [4.78, 5) is 11.3. The summed E-state index contributed by atoms with van der Waals surface area (Å²) in [6, 6.07) is 53.9. The predicted molar refractivity (Wildman–Crippen MR) is 207 cm³/mol. The van der Waals surface area contributed by atoms with Crippen LogP contribution in [0.1, 0.15) is 0 Å². The van der Waals surface area contributed by atoms with E-state index >= 15 is 0 Å². The van der Waals surface area contributed by atoms with E-state index in [4.69, 9.17) is 9.40 Å². The van der Waals surface area contributed by atoms with Gasteiger partial charge in [-0.05, 0) is 104 Å². The molecule has 4 nitrogen and oxygen atoms in total. The van der Waals surface area contributed by atoms with Crippen LogP contribution in [0.5, 0.6) is 0 Å². The van der Waals surface area contributed by atoms with Crippen molar-refractivity contribution in [2.45, 2.75) is 0 Å². The molecule has 0 radical (unpaired) electrons. The molecule has 7 aromatic carbocycles. The molecule has 0 saturated heterocycles. The van der Waals surface area contributed by atoms with Gasteiger partial charge in [-0.15, -0.1) is 0 Å². The highest BCUT2D eigenvalue weighted by atomic mass is 16.3. The molecule has 0 aliphatic rings. The van der Waals surface area contributed by atoms with Crippen molar-refractivity contribution >= 4 is 71.3 Å². The van der Waals surface area contributed by atoms with Crippen molar-refractivity contribution in [3.63, 3.8) is 0 Å². The summed E-state index contributed by atoms with van der Waals surface area (Å²) >= 11 is 0. The average Bonchev–Trinajstić information content (AvgIpc) is 3.55. The Kier molecular flexibility index (Phi) is 6.46. The largest absolute Gasteiger partial charge is 0.454 e. The Morgan fingerprint density at radius 3 is 1.64 bits per heavy atom. The number of benzene rings is 7. The molecule has 0 aliphatic heterocycles. The minimum absolute atomic E-state index is 0.802. The van der Waals surface area contributed by atoms with E-state index in [1.54, 1.807) is 0 Å². The number of anilines is 3. The van der Waals surface area contributed by atoms with E-state index in [9.17, 15) is 0 Å². The van der Waals surface area contributed by atoms with Gasteiger partial charge in [0.15, 0.2) is 5.58 Å². The van der Waals surface area contributed by atoms with Crippen molar-refractivity contribution in [1.29, 1.82) is 0 Å². The predicted octanol–water partition coefficient (Wildman–Crippen LogP) is 12.6. The average molecular weight is 640 g/mol. The fourth-order valence-electron chi connectivity index (χ4n) is 7.19. The normalized spacial score (nSPS) is 11.6. The molecule has 0 unspecified atom stereocenters. The second kappa shape index (κ2) is 11.4. The first-order valence-electron chi connectivity index (χ1n) is 16.8. The summed E-state index contributed by atoms with van der Waals surface area (Å²) in [5, 5.41) is 9.14. The van der Waals surface area contributed by atoms with Gasteiger partial charge in [0.1, 0.15) is 11.3 Å². The summed E-state index contributed by atoms with van der Waals surface area (Å²) in [5.41, 5.74) is 9.21. The van der Waals surface area contributed by atoms with Crippen LogP contribution in [0.25, 0.3) is 76.5 Å². The molecule has 0 fully saturated rings. The minimum atomic E-state index is 0.802. The van der Waals surface area contributed by atoms with Crippen LogP contribution in [0, 0.1) is 0 Å². The molecule has 0 aliphatic carbocycles. The summed E-state index contributed by atoms with van der Waals surface area (Å²) in [5.74, 6) is 0. The zero-order valence-electron chi connectivity index (χ0n) is 27.0. The second-order valence-electron chi connectivity index (χ2n) is 12.8. The van der Waals surface area contributed by atoms with Crippen molar-refractivity contribution in [1.82, 2.24) is 9.97 Å². The van der Waals surface area contributed by atoms with E-state index in [-0.39, 0.29) is 0 Å². The molecule has 0 amide bonds. The topological polar surface area (TPSA) is 42.2 Å². The standard InChI is InChI=1S/C46H29N3O/c1-2-6-33-23-36(10-9-30(33)5-1)31-13-17-40(18-14-31)49(41-19-15-32(16-20-41)37-11-12-39-27-47-22-21-38(39)24-37)44-29-48-28-43-42-25-34-7-3-4-8-35(34)26-45(42)50-46(43)44/h1-29H. The Balaban J connectivity index is 1.11. The molecule has 0 bridgehead atoms. The van der Waals surface area contributed by atoms with Crippen molar-refractivity contribution < 1.29 is 4.42 Å². The van der Waals surface area contributed by atoms with E-state index in [0.29, 0.717) is 0 Å². The fourth-order valence-corrected chi connectivity index (χ4v) is 7.19.